The second-order valence-electron chi connectivity index (χ2n) is 5.12. The summed E-state index contributed by atoms with van der Waals surface area (Å²) in [5.74, 6) is 0.860. The third-order valence-corrected chi connectivity index (χ3v) is 3.72. The van der Waals surface area contributed by atoms with Crippen LogP contribution in [0.1, 0.15) is 18.4 Å². The molecule has 0 aliphatic carbocycles. The summed E-state index contributed by atoms with van der Waals surface area (Å²) in [6.45, 7) is 2.67. The van der Waals surface area contributed by atoms with Crippen LogP contribution in [0, 0.1) is 5.92 Å². The van der Waals surface area contributed by atoms with Gasteiger partial charge in [0.1, 0.15) is 5.82 Å². The van der Waals surface area contributed by atoms with Crippen molar-refractivity contribution in [1.29, 1.82) is 0 Å². The summed E-state index contributed by atoms with van der Waals surface area (Å²) >= 11 is 5.93. The summed E-state index contributed by atoms with van der Waals surface area (Å²) in [5.41, 5.74) is -0.820. The molecule has 1 N–H and O–H groups in total. The van der Waals surface area contributed by atoms with Crippen LogP contribution in [0.15, 0.2) is 12.3 Å². The van der Waals surface area contributed by atoms with E-state index in [0.717, 1.165) is 44.7 Å². The van der Waals surface area contributed by atoms with Crippen molar-refractivity contribution in [3.8, 4) is 0 Å². The minimum Gasteiger partial charge on any atom is -0.358 e. The normalized spacial score (nSPS) is 19.9. The number of hydrogen-bond donors (Lipinski definition) is 1. The van der Waals surface area contributed by atoms with Crippen LogP contribution in [0.4, 0.5) is 19.0 Å². The molecule has 0 aromatic carbocycles. The Hall–Kier alpha value is -1.01. The molecule has 1 aliphatic heterocycles. The number of nitrogens with zero attached hydrogens (tertiary/aromatic N) is 2. The molecule has 1 atom stereocenters. The maximum Gasteiger partial charge on any atom is 0.417 e. The van der Waals surface area contributed by atoms with E-state index in [2.05, 4.69) is 10.3 Å². The maximum absolute atomic E-state index is 12.6. The fraction of sp³-hybridized carbons (Fsp3) is 0.615. The molecule has 1 saturated heterocycles. The number of aromatic nitrogens is 1. The minimum atomic E-state index is -4.42. The van der Waals surface area contributed by atoms with E-state index in [1.54, 1.807) is 7.05 Å². The molecule has 1 aromatic rings. The van der Waals surface area contributed by atoms with Gasteiger partial charge in [-0.2, -0.15) is 13.2 Å². The van der Waals surface area contributed by atoms with E-state index in [1.165, 1.54) is 0 Å². The summed E-state index contributed by atoms with van der Waals surface area (Å²) in [6.07, 6.45) is -1.36. The zero-order valence-corrected chi connectivity index (χ0v) is 11.9. The number of hydrogen-bond acceptors (Lipinski definition) is 3. The second kappa shape index (κ2) is 6.18. The topological polar surface area (TPSA) is 28.2 Å². The molecule has 3 nitrogen and oxygen atoms in total. The van der Waals surface area contributed by atoms with Gasteiger partial charge in [-0.3, -0.25) is 0 Å². The van der Waals surface area contributed by atoms with Crippen molar-refractivity contribution < 1.29 is 13.2 Å². The van der Waals surface area contributed by atoms with E-state index in [4.69, 9.17) is 11.6 Å². The van der Waals surface area contributed by atoms with Crippen LogP contribution in [-0.4, -0.2) is 31.7 Å². The van der Waals surface area contributed by atoms with Crippen molar-refractivity contribution >= 4 is 17.4 Å². The fourth-order valence-corrected chi connectivity index (χ4v) is 2.73. The molecule has 2 rings (SSSR count). The van der Waals surface area contributed by atoms with Gasteiger partial charge in [-0.05, 0) is 37.9 Å². The summed E-state index contributed by atoms with van der Waals surface area (Å²) in [4.78, 5) is 5.68. The number of nitrogens with one attached hydrogen (secondary N) is 1. The number of rotatable bonds is 3. The molecule has 20 heavy (non-hydrogen) atoms. The first-order valence-corrected chi connectivity index (χ1v) is 6.90. The van der Waals surface area contributed by atoms with E-state index >= 15 is 0 Å². The van der Waals surface area contributed by atoms with Gasteiger partial charge in [-0.15, -0.1) is 0 Å². The average molecular weight is 308 g/mol. The van der Waals surface area contributed by atoms with Crippen molar-refractivity contribution in [3.05, 3.63) is 22.8 Å². The highest BCUT2D eigenvalue weighted by Crippen LogP contribution is 2.33. The first kappa shape index (κ1) is 15.4. The van der Waals surface area contributed by atoms with Gasteiger partial charge in [-0.25, -0.2) is 4.98 Å². The van der Waals surface area contributed by atoms with Gasteiger partial charge in [-0.1, -0.05) is 11.6 Å². The largest absolute Gasteiger partial charge is 0.417 e. The highest BCUT2D eigenvalue weighted by molar-refractivity contribution is 6.33. The Kier molecular flexibility index (Phi) is 4.75. The van der Waals surface area contributed by atoms with Crippen molar-refractivity contribution in [2.24, 2.45) is 5.92 Å². The van der Waals surface area contributed by atoms with E-state index in [1.807, 2.05) is 4.90 Å². The molecule has 0 bridgehead atoms. The van der Waals surface area contributed by atoms with E-state index < -0.39 is 11.7 Å². The predicted molar refractivity (Wildman–Crippen MR) is 73.1 cm³/mol. The lowest BCUT2D eigenvalue weighted by molar-refractivity contribution is -0.137. The maximum atomic E-state index is 12.6. The Morgan fingerprint density at radius 1 is 1.50 bits per heavy atom. The Morgan fingerprint density at radius 2 is 2.25 bits per heavy atom. The molecule has 7 heteroatoms. The fourth-order valence-electron chi connectivity index (χ4n) is 2.42. The molecule has 112 valence electrons. The molecular formula is C13H17ClF3N3. The van der Waals surface area contributed by atoms with Crippen LogP contribution in [0.5, 0.6) is 0 Å². The van der Waals surface area contributed by atoms with Crippen LogP contribution in [-0.2, 0) is 6.18 Å². The van der Waals surface area contributed by atoms with Gasteiger partial charge in [0.15, 0.2) is 0 Å². The highest BCUT2D eigenvalue weighted by Gasteiger charge is 2.32. The Balaban J connectivity index is 2.07. The molecule has 0 spiro atoms. The smallest absolute Gasteiger partial charge is 0.358 e. The highest BCUT2D eigenvalue weighted by atomic mass is 35.5. The number of halogens is 4. The monoisotopic (exact) mass is 307 g/mol. The van der Waals surface area contributed by atoms with Crippen molar-refractivity contribution in [2.45, 2.75) is 19.0 Å². The van der Waals surface area contributed by atoms with Crippen molar-refractivity contribution in [2.75, 3.05) is 31.6 Å². The minimum absolute atomic E-state index is 0.0334. The third kappa shape index (κ3) is 3.76. The lowest BCUT2D eigenvalue weighted by atomic mass is 9.99. The lowest BCUT2D eigenvalue weighted by Gasteiger charge is -2.28. The quantitative estimate of drug-likeness (QED) is 0.929. The molecule has 0 unspecified atom stereocenters. The number of alkyl halides is 3. The van der Waals surface area contributed by atoms with Crippen LogP contribution < -0.4 is 10.2 Å². The van der Waals surface area contributed by atoms with Gasteiger partial charge in [0.05, 0.1) is 10.6 Å². The Bertz CT molecular complexity index is 459. The average Bonchev–Trinajstić information content (AvgIpc) is 2.38. The molecule has 0 amide bonds. The van der Waals surface area contributed by atoms with Gasteiger partial charge >= 0.3 is 6.18 Å². The molecule has 2 heterocycles. The van der Waals surface area contributed by atoms with Crippen LogP contribution >= 0.6 is 11.6 Å². The Labute approximate surface area is 121 Å². The first-order valence-electron chi connectivity index (χ1n) is 6.52. The van der Waals surface area contributed by atoms with Gasteiger partial charge in [0.2, 0.25) is 0 Å². The van der Waals surface area contributed by atoms with Gasteiger partial charge in [0.25, 0.3) is 0 Å². The molecule has 1 fully saturated rings. The lowest BCUT2D eigenvalue weighted by Crippen LogP contribution is -2.37. The van der Waals surface area contributed by atoms with E-state index in [9.17, 15) is 13.2 Å². The summed E-state index contributed by atoms with van der Waals surface area (Å²) in [5, 5.41) is 3.34. The number of anilines is 1. The molecule has 1 aliphatic rings. The predicted octanol–water partition coefficient (Wildman–Crippen LogP) is 3.19. The molecule has 0 radical (unpaired) electrons. The standard InChI is InChI=1S/C13H17ClF3N3/c1-20(8-9-3-2-4-18-6-9)12-11(14)5-10(7-19-12)13(15,16)17/h5,7,9,18H,2-4,6,8H2,1H3/t9-/m0/s1. The van der Waals surface area contributed by atoms with Crippen LogP contribution in [0.2, 0.25) is 5.02 Å². The van der Waals surface area contributed by atoms with Crippen LogP contribution in [0.25, 0.3) is 0 Å². The first-order chi connectivity index (χ1) is 9.38. The van der Waals surface area contributed by atoms with Gasteiger partial charge < -0.3 is 10.2 Å². The zero-order valence-electron chi connectivity index (χ0n) is 11.2. The second-order valence-corrected chi connectivity index (χ2v) is 5.53. The summed E-state index contributed by atoms with van der Waals surface area (Å²) in [6, 6.07) is 0.930. The summed E-state index contributed by atoms with van der Waals surface area (Å²) < 4.78 is 37.7. The molecular weight excluding hydrogens is 291 g/mol. The number of piperidine rings is 1. The van der Waals surface area contributed by atoms with Crippen molar-refractivity contribution in [1.82, 2.24) is 10.3 Å². The van der Waals surface area contributed by atoms with E-state index in [-0.39, 0.29) is 5.02 Å². The van der Waals surface area contributed by atoms with Gasteiger partial charge in [0, 0.05) is 19.8 Å². The Morgan fingerprint density at radius 3 is 2.80 bits per heavy atom. The third-order valence-electron chi connectivity index (χ3n) is 3.44. The molecule has 0 saturated carbocycles. The zero-order chi connectivity index (χ0) is 14.8. The van der Waals surface area contributed by atoms with Crippen molar-refractivity contribution in [3.63, 3.8) is 0 Å². The number of pyridine rings is 1. The van der Waals surface area contributed by atoms with Crippen LogP contribution in [0.3, 0.4) is 0 Å². The van der Waals surface area contributed by atoms with E-state index in [0.29, 0.717) is 11.7 Å². The molecule has 1 aromatic heterocycles. The SMILES string of the molecule is CN(C[C@H]1CCCNC1)c1ncc(C(F)(F)F)cc1Cl. The summed E-state index contributed by atoms with van der Waals surface area (Å²) in [7, 11) is 1.80.